The predicted molar refractivity (Wildman–Crippen MR) is 39.5 cm³/mol. The van der Waals surface area contributed by atoms with Crippen LogP contribution in [0.3, 0.4) is 0 Å². The van der Waals surface area contributed by atoms with Crippen molar-refractivity contribution in [3.8, 4) is 11.5 Å². The van der Waals surface area contributed by atoms with Gasteiger partial charge in [-0.3, -0.25) is 0 Å². The monoisotopic (exact) mass is 146 g/mol. The SMILES string of the molecule is [2H]c1cc(OC([2H])([2H])[2H])c(OC([2H])([2H])[2H])cc1[2H]. The van der Waals surface area contributed by atoms with E-state index in [9.17, 15) is 0 Å². The fourth-order valence-corrected chi connectivity index (χ4v) is 0.516. The smallest absolute Gasteiger partial charge is 0.160 e. The summed E-state index contributed by atoms with van der Waals surface area (Å²) in [7, 11) is -5.61. The van der Waals surface area contributed by atoms with E-state index in [0.717, 1.165) is 12.1 Å². The van der Waals surface area contributed by atoms with Gasteiger partial charge in [-0.05, 0) is 12.1 Å². The standard InChI is InChI=1S/C8H10O2/c1-9-7-5-3-4-6-8(7)10-2/h3-6H,1-2H3/i1D3,2D3,3D,4D. The maximum atomic E-state index is 7.35. The van der Waals surface area contributed by atoms with Crippen molar-refractivity contribution in [2.24, 2.45) is 0 Å². The fraction of sp³-hybridized carbons (Fsp3) is 0.250. The Morgan fingerprint density at radius 2 is 1.70 bits per heavy atom. The third kappa shape index (κ3) is 1.21. The molecule has 0 aliphatic rings. The minimum atomic E-state index is -2.80. The van der Waals surface area contributed by atoms with E-state index in [1.54, 1.807) is 0 Å². The van der Waals surface area contributed by atoms with Crippen molar-refractivity contribution in [3.05, 3.63) is 24.2 Å². The minimum Gasteiger partial charge on any atom is -0.493 e. The molecule has 54 valence electrons. The zero-order valence-corrected chi connectivity index (χ0v) is 4.97. The highest BCUT2D eigenvalue weighted by Gasteiger charge is 1.97. The number of benzene rings is 1. The largest absolute Gasteiger partial charge is 0.493 e. The van der Waals surface area contributed by atoms with Crippen molar-refractivity contribution in [2.45, 2.75) is 0 Å². The first-order valence-corrected chi connectivity index (χ1v) is 2.47. The number of hydrogen-bond donors (Lipinski definition) is 0. The van der Waals surface area contributed by atoms with Crippen LogP contribution in [0.15, 0.2) is 24.2 Å². The lowest BCUT2D eigenvalue weighted by Gasteiger charge is -2.04. The summed E-state index contributed by atoms with van der Waals surface area (Å²) >= 11 is 0. The molecule has 0 radical (unpaired) electrons. The van der Waals surface area contributed by atoms with E-state index < -0.39 is 25.6 Å². The van der Waals surface area contributed by atoms with Crippen LogP contribution in [0.25, 0.3) is 0 Å². The van der Waals surface area contributed by atoms with E-state index in [1.807, 2.05) is 0 Å². The second kappa shape index (κ2) is 3.11. The molecule has 0 bridgehead atoms. The lowest BCUT2D eigenvalue weighted by atomic mass is 10.3. The van der Waals surface area contributed by atoms with Crippen LogP contribution >= 0.6 is 0 Å². The van der Waals surface area contributed by atoms with Gasteiger partial charge in [0.25, 0.3) is 0 Å². The van der Waals surface area contributed by atoms with Crippen molar-refractivity contribution < 1.29 is 20.4 Å². The molecule has 0 unspecified atom stereocenters. The minimum absolute atomic E-state index is 0.299. The Morgan fingerprint density at radius 3 is 2.10 bits per heavy atom. The Bertz CT molecular complexity index is 395. The lowest BCUT2D eigenvalue weighted by Crippen LogP contribution is -1.88. The highest BCUT2D eigenvalue weighted by Crippen LogP contribution is 2.24. The molecule has 0 N–H and O–H groups in total. The van der Waals surface area contributed by atoms with E-state index in [0.29, 0.717) is 0 Å². The molecular formula is C8H10O2. The molecule has 10 heavy (non-hydrogen) atoms. The van der Waals surface area contributed by atoms with Gasteiger partial charge in [-0.1, -0.05) is 12.1 Å². The highest BCUT2D eigenvalue weighted by molar-refractivity contribution is 5.38. The van der Waals surface area contributed by atoms with Crippen LogP contribution in [0.4, 0.5) is 0 Å². The molecule has 1 aromatic carbocycles. The first kappa shape index (κ1) is 1.91. The summed E-state index contributed by atoms with van der Waals surface area (Å²) in [6, 6.07) is 1.25. The first-order chi connectivity index (χ1) is 7.98. The van der Waals surface area contributed by atoms with E-state index in [1.165, 1.54) is 0 Å². The van der Waals surface area contributed by atoms with Crippen LogP contribution < -0.4 is 9.47 Å². The molecule has 0 saturated heterocycles. The maximum Gasteiger partial charge on any atom is 0.160 e. The zero-order valence-electron chi connectivity index (χ0n) is 13.0. The molecule has 2 nitrogen and oxygen atoms in total. The number of ether oxygens (including phenoxy) is 2. The van der Waals surface area contributed by atoms with E-state index >= 15 is 0 Å². The van der Waals surface area contributed by atoms with Crippen LogP contribution in [0.5, 0.6) is 11.5 Å². The van der Waals surface area contributed by atoms with Gasteiger partial charge in [0.15, 0.2) is 11.5 Å². The Hall–Kier alpha value is -1.18. The molecule has 0 heterocycles. The van der Waals surface area contributed by atoms with Gasteiger partial charge in [-0.25, -0.2) is 0 Å². The topological polar surface area (TPSA) is 18.5 Å². The average Bonchev–Trinajstić information content (AvgIpc) is 2.08. The summed E-state index contributed by atoms with van der Waals surface area (Å²) in [5.41, 5.74) is 0. The molecule has 0 saturated carbocycles. The molecule has 0 spiro atoms. The number of para-hydroxylation sites is 2. The Morgan fingerprint density at radius 1 is 1.20 bits per heavy atom. The molecule has 0 amide bonds. The molecular weight excluding hydrogens is 128 g/mol. The zero-order chi connectivity index (χ0) is 14.1. The number of rotatable bonds is 2. The Balaban J connectivity index is 3.17. The van der Waals surface area contributed by atoms with Crippen LogP contribution in [0.2, 0.25) is 0 Å². The van der Waals surface area contributed by atoms with Crippen molar-refractivity contribution >= 4 is 0 Å². The predicted octanol–water partition coefficient (Wildman–Crippen LogP) is 1.70. The lowest BCUT2D eigenvalue weighted by molar-refractivity contribution is 0.355. The van der Waals surface area contributed by atoms with E-state index in [2.05, 4.69) is 9.47 Å². The molecule has 0 aliphatic carbocycles. The van der Waals surface area contributed by atoms with Crippen LogP contribution in [0.1, 0.15) is 11.0 Å². The average molecular weight is 146 g/mol. The third-order valence-electron chi connectivity index (χ3n) is 0.953. The summed E-state index contributed by atoms with van der Waals surface area (Å²) < 4.78 is 65.3. The van der Waals surface area contributed by atoms with Crippen molar-refractivity contribution in [2.75, 3.05) is 14.1 Å². The normalized spacial score (nSPS) is 23.2. The summed E-state index contributed by atoms with van der Waals surface area (Å²) in [4.78, 5) is 0. The fourth-order valence-electron chi connectivity index (χ4n) is 0.516. The van der Waals surface area contributed by atoms with E-state index in [4.69, 9.17) is 11.0 Å². The van der Waals surface area contributed by atoms with Crippen molar-refractivity contribution in [3.63, 3.8) is 0 Å². The van der Waals surface area contributed by atoms with Gasteiger partial charge >= 0.3 is 0 Å². The summed E-state index contributed by atoms with van der Waals surface area (Å²) in [6.45, 7) is 0. The van der Waals surface area contributed by atoms with Gasteiger partial charge in [-0.2, -0.15) is 0 Å². The van der Waals surface area contributed by atoms with Gasteiger partial charge in [0.1, 0.15) is 0 Å². The third-order valence-corrected chi connectivity index (χ3v) is 0.953. The summed E-state index contributed by atoms with van der Waals surface area (Å²) in [6.07, 6.45) is 0. The number of methoxy groups -OCH3 is 2. The Kier molecular flexibility index (Phi) is 0.592. The molecule has 0 aromatic heterocycles. The van der Waals surface area contributed by atoms with Crippen LogP contribution in [-0.2, 0) is 0 Å². The van der Waals surface area contributed by atoms with E-state index in [-0.39, 0.29) is 12.1 Å². The summed E-state index contributed by atoms with van der Waals surface area (Å²) in [5.74, 6) is -0.820. The molecule has 0 aliphatic heterocycles. The second-order valence-electron chi connectivity index (χ2n) is 1.51. The van der Waals surface area contributed by atoms with Crippen LogP contribution in [0, 0.1) is 0 Å². The van der Waals surface area contributed by atoms with Crippen molar-refractivity contribution in [1.82, 2.24) is 0 Å². The Labute approximate surface area is 71.6 Å². The molecule has 0 fully saturated rings. The summed E-state index contributed by atoms with van der Waals surface area (Å²) in [5, 5.41) is 0. The molecule has 1 aromatic rings. The van der Waals surface area contributed by atoms with Crippen molar-refractivity contribution in [1.29, 1.82) is 0 Å². The molecule has 1 rings (SSSR count). The molecule has 2 heteroatoms. The maximum absolute atomic E-state index is 7.35. The van der Waals surface area contributed by atoms with Crippen LogP contribution in [-0.4, -0.2) is 14.1 Å². The quantitative estimate of drug-likeness (QED) is 0.632. The van der Waals surface area contributed by atoms with Gasteiger partial charge in [0, 0.05) is 0 Å². The molecule has 0 atom stereocenters. The van der Waals surface area contributed by atoms with Gasteiger partial charge < -0.3 is 9.47 Å². The second-order valence-corrected chi connectivity index (χ2v) is 1.51. The van der Waals surface area contributed by atoms with Gasteiger partial charge in [0.2, 0.25) is 0 Å². The van der Waals surface area contributed by atoms with Gasteiger partial charge in [-0.15, -0.1) is 0 Å². The highest BCUT2D eigenvalue weighted by atomic mass is 16.5. The van der Waals surface area contributed by atoms with Gasteiger partial charge in [0.05, 0.1) is 25.0 Å². The number of hydrogen-bond acceptors (Lipinski definition) is 2. The first-order valence-electron chi connectivity index (χ1n) is 6.47.